The third-order valence-corrected chi connectivity index (χ3v) is 10.8. The molecule has 2 fully saturated rings. The Hall–Kier alpha value is -2.57. The van der Waals surface area contributed by atoms with Gasteiger partial charge in [-0.05, 0) is 97.1 Å². The van der Waals surface area contributed by atoms with Crippen molar-refractivity contribution in [3.8, 4) is 5.75 Å². The maximum absolute atomic E-state index is 13.4. The van der Waals surface area contributed by atoms with Crippen LogP contribution in [-0.2, 0) is 16.5 Å². The maximum atomic E-state index is 13.4. The van der Waals surface area contributed by atoms with Gasteiger partial charge in [-0.3, -0.25) is 0 Å². The SMILES string of the molecule is CN(C)c1cccc2c(S(=O)(=O)Oc3ccc4c(c3)CCC3C4CCC4(C)C(O)CCC34)cccc12. The third kappa shape index (κ3) is 3.64. The predicted octanol–water partition coefficient (Wildman–Crippen LogP) is 5.89. The van der Waals surface area contributed by atoms with Gasteiger partial charge in [0.15, 0.2) is 0 Å². The molecule has 0 aliphatic heterocycles. The topological polar surface area (TPSA) is 66.8 Å². The predicted molar refractivity (Wildman–Crippen MR) is 143 cm³/mol. The Bertz CT molecular complexity index is 1430. The summed E-state index contributed by atoms with van der Waals surface area (Å²) in [5, 5.41) is 12.2. The van der Waals surface area contributed by atoms with Gasteiger partial charge in [0.1, 0.15) is 10.6 Å². The number of fused-ring (bicyclic) bond motifs is 6. The van der Waals surface area contributed by atoms with Crippen molar-refractivity contribution in [1.29, 1.82) is 0 Å². The van der Waals surface area contributed by atoms with E-state index in [1.165, 1.54) is 11.1 Å². The summed E-state index contributed by atoms with van der Waals surface area (Å²) >= 11 is 0. The zero-order chi connectivity index (χ0) is 25.2. The summed E-state index contributed by atoms with van der Waals surface area (Å²) in [4.78, 5) is 2.17. The second-order valence-corrected chi connectivity index (χ2v) is 13.0. The molecule has 6 heteroatoms. The molecule has 3 aliphatic carbocycles. The van der Waals surface area contributed by atoms with Crippen LogP contribution in [0.1, 0.15) is 56.1 Å². The Morgan fingerprint density at radius 1 is 0.972 bits per heavy atom. The van der Waals surface area contributed by atoms with Crippen LogP contribution in [0.2, 0.25) is 0 Å². The second kappa shape index (κ2) is 8.49. The van der Waals surface area contributed by atoms with E-state index in [0.717, 1.165) is 49.6 Å². The number of aliphatic hydroxyl groups is 1. The standard InChI is InChI=1S/C30H35NO4S/c1-30-17-16-22-21-13-11-20(18-19(21)10-12-23(22)26(30)14-15-29(30)32)35-36(33,34)28-9-5-6-24-25(28)7-4-8-27(24)31(2)3/h4-9,11,13,18,22-23,26,29,32H,10,12,14-17H2,1-3H3. The van der Waals surface area contributed by atoms with Crippen LogP contribution in [0.4, 0.5) is 5.69 Å². The van der Waals surface area contributed by atoms with Gasteiger partial charge in [-0.25, -0.2) is 0 Å². The molecule has 3 aromatic rings. The van der Waals surface area contributed by atoms with Crippen LogP contribution in [0.25, 0.3) is 10.8 Å². The molecule has 0 saturated heterocycles. The minimum Gasteiger partial charge on any atom is -0.393 e. The van der Waals surface area contributed by atoms with Gasteiger partial charge in [0.25, 0.3) is 0 Å². The number of nitrogens with zero attached hydrogens (tertiary/aromatic N) is 1. The van der Waals surface area contributed by atoms with Crippen LogP contribution in [0.15, 0.2) is 59.5 Å². The Morgan fingerprint density at radius 3 is 2.56 bits per heavy atom. The van der Waals surface area contributed by atoms with Crippen molar-refractivity contribution < 1.29 is 17.7 Å². The minimum absolute atomic E-state index is 0.0563. The Kier molecular flexibility index (Phi) is 5.61. The van der Waals surface area contributed by atoms with E-state index in [4.69, 9.17) is 4.18 Å². The van der Waals surface area contributed by atoms with Gasteiger partial charge in [-0.15, -0.1) is 0 Å². The van der Waals surface area contributed by atoms with E-state index in [0.29, 0.717) is 28.9 Å². The van der Waals surface area contributed by atoms with Gasteiger partial charge >= 0.3 is 10.1 Å². The molecule has 0 heterocycles. The number of rotatable bonds is 4. The van der Waals surface area contributed by atoms with Crippen LogP contribution in [-0.4, -0.2) is 33.7 Å². The molecule has 0 amide bonds. The first-order valence-electron chi connectivity index (χ1n) is 13.1. The minimum atomic E-state index is -4.00. The lowest BCUT2D eigenvalue weighted by molar-refractivity contribution is -0.0226. The van der Waals surface area contributed by atoms with Crippen molar-refractivity contribution in [3.63, 3.8) is 0 Å². The lowest BCUT2D eigenvalue weighted by Gasteiger charge is -2.50. The van der Waals surface area contributed by atoms with Crippen molar-refractivity contribution in [2.45, 2.75) is 62.4 Å². The molecule has 5 unspecified atom stereocenters. The van der Waals surface area contributed by atoms with E-state index in [9.17, 15) is 13.5 Å². The molecule has 6 rings (SSSR count). The molecule has 0 spiro atoms. The molecule has 1 N–H and O–H groups in total. The molecule has 0 aromatic heterocycles. The van der Waals surface area contributed by atoms with E-state index in [1.807, 2.05) is 55.4 Å². The number of benzene rings is 3. The summed E-state index contributed by atoms with van der Waals surface area (Å²) in [6.07, 6.45) is 6.04. The average molecular weight is 506 g/mol. The molecule has 3 aromatic carbocycles. The molecule has 190 valence electrons. The highest BCUT2D eigenvalue weighted by Crippen LogP contribution is 2.61. The summed E-state index contributed by atoms with van der Waals surface area (Å²) in [7, 11) is -0.104. The van der Waals surface area contributed by atoms with Gasteiger partial charge in [0.05, 0.1) is 6.10 Å². The molecule has 36 heavy (non-hydrogen) atoms. The molecule has 5 nitrogen and oxygen atoms in total. The zero-order valence-electron chi connectivity index (χ0n) is 21.3. The van der Waals surface area contributed by atoms with Crippen LogP contribution < -0.4 is 9.08 Å². The zero-order valence-corrected chi connectivity index (χ0v) is 22.1. The number of hydrogen-bond acceptors (Lipinski definition) is 5. The monoisotopic (exact) mass is 505 g/mol. The normalized spacial score (nSPS) is 29.3. The van der Waals surface area contributed by atoms with Crippen molar-refractivity contribution >= 4 is 26.6 Å². The summed E-state index contributed by atoms with van der Waals surface area (Å²) in [5.41, 5.74) is 3.58. The van der Waals surface area contributed by atoms with E-state index >= 15 is 0 Å². The molecular formula is C30H35NO4S. The van der Waals surface area contributed by atoms with Crippen molar-refractivity contribution in [2.24, 2.45) is 17.3 Å². The number of aliphatic hydroxyl groups excluding tert-OH is 1. The fourth-order valence-electron chi connectivity index (χ4n) is 7.63. The van der Waals surface area contributed by atoms with Crippen molar-refractivity contribution in [1.82, 2.24) is 0 Å². The first-order chi connectivity index (χ1) is 17.2. The molecule has 2 saturated carbocycles. The van der Waals surface area contributed by atoms with Gasteiger partial charge < -0.3 is 14.2 Å². The molecular weight excluding hydrogens is 470 g/mol. The first kappa shape index (κ1) is 23.8. The van der Waals surface area contributed by atoms with E-state index in [1.54, 1.807) is 12.1 Å². The van der Waals surface area contributed by atoms with Crippen molar-refractivity contribution in [2.75, 3.05) is 19.0 Å². The lowest BCUT2D eigenvalue weighted by Crippen LogP contribution is -2.43. The third-order valence-electron chi connectivity index (χ3n) is 9.46. The molecule has 5 atom stereocenters. The van der Waals surface area contributed by atoms with Crippen LogP contribution in [0.5, 0.6) is 5.75 Å². The Morgan fingerprint density at radius 2 is 1.75 bits per heavy atom. The van der Waals surface area contributed by atoms with E-state index < -0.39 is 10.1 Å². The summed E-state index contributed by atoms with van der Waals surface area (Å²) in [5.74, 6) is 2.05. The Labute approximate surface area is 214 Å². The van der Waals surface area contributed by atoms with Crippen LogP contribution in [0, 0.1) is 17.3 Å². The number of anilines is 1. The molecule has 0 radical (unpaired) electrons. The van der Waals surface area contributed by atoms with Gasteiger partial charge in [-0.1, -0.05) is 37.3 Å². The fraction of sp³-hybridized carbons (Fsp3) is 0.467. The molecule has 3 aliphatic rings. The summed E-state index contributed by atoms with van der Waals surface area (Å²) in [6.45, 7) is 2.29. The van der Waals surface area contributed by atoms with Crippen LogP contribution in [0.3, 0.4) is 0 Å². The van der Waals surface area contributed by atoms with E-state index in [2.05, 4.69) is 13.0 Å². The van der Waals surface area contributed by atoms with Crippen molar-refractivity contribution in [3.05, 3.63) is 65.7 Å². The van der Waals surface area contributed by atoms with Gasteiger partial charge in [0, 0.05) is 30.6 Å². The average Bonchev–Trinajstić information content (AvgIpc) is 3.17. The van der Waals surface area contributed by atoms with Gasteiger partial charge in [-0.2, -0.15) is 8.42 Å². The lowest BCUT2D eigenvalue weighted by atomic mass is 9.55. The smallest absolute Gasteiger partial charge is 0.339 e. The highest BCUT2D eigenvalue weighted by Gasteiger charge is 2.54. The number of hydrogen-bond donors (Lipinski definition) is 1. The highest BCUT2D eigenvalue weighted by molar-refractivity contribution is 7.87. The van der Waals surface area contributed by atoms with Gasteiger partial charge in [0.2, 0.25) is 0 Å². The summed E-state index contributed by atoms with van der Waals surface area (Å²) < 4.78 is 32.6. The molecule has 0 bridgehead atoms. The first-order valence-corrected chi connectivity index (χ1v) is 14.5. The van der Waals surface area contributed by atoms with Crippen LogP contribution >= 0.6 is 0 Å². The maximum Gasteiger partial charge on any atom is 0.339 e. The fourth-order valence-corrected chi connectivity index (χ4v) is 8.77. The highest BCUT2D eigenvalue weighted by atomic mass is 32.2. The quantitative estimate of drug-likeness (QED) is 0.448. The largest absolute Gasteiger partial charge is 0.393 e. The van der Waals surface area contributed by atoms with E-state index in [-0.39, 0.29) is 16.4 Å². The number of aryl methyl sites for hydroxylation is 1. The summed E-state index contributed by atoms with van der Waals surface area (Å²) in [6, 6.07) is 16.9. The second-order valence-electron chi connectivity index (χ2n) is 11.5. The Balaban J connectivity index is 1.29.